The van der Waals surface area contributed by atoms with Crippen LogP contribution < -0.4 is 10.6 Å². The topological polar surface area (TPSA) is 48.8 Å². The lowest BCUT2D eigenvalue weighted by Gasteiger charge is -2.23. The summed E-state index contributed by atoms with van der Waals surface area (Å²) in [6, 6.07) is 49.0. The molecule has 0 radical (unpaired) electrons. The quantitative estimate of drug-likeness (QED) is 0.219. The van der Waals surface area contributed by atoms with Crippen molar-refractivity contribution in [1.82, 2.24) is 5.32 Å². The van der Waals surface area contributed by atoms with E-state index in [2.05, 4.69) is 126 Å². The third-order valence-corrected chi connectivity index (χ3v) is 8.35. The molecule has 0 amide bonds. The predicted octanol–water partition coefficient (Wildman–Crippen LogP) is 9.11. The molecule has 0 spiro atoms. The molecule has 0 aromatic heterocycles. The molecule has 0 atom stereocenters. The Balaban J connectivity index is 1.24. The number of nitrogens with one attached hydrogen (secondary N) is 2. The van der Waals surface area contributed by atoms with Gasteiger partial charge < -0.3 is 10.6 Å². The van der Waals surface area contributed by atoms with Crippen LogP contribution in [0.2, 0.25) is 0 Å². The Morgan fingerprint density at radius 3 is 1.95 bits per heavy atom. The molecule has 0 saturated carbocycles. The largest absolute Gasteiger partial charge is 0.381 e. The maximum atomic E-state index is 5.07. The third-order valence-electron chi connectivity index (χ3n) is 8.35. The third kappa shape index (κ3) is 4.77. The molecule has 2 aliphatic rings. The molecular formula is C40H30N4. The van der Waals surface area contributed by atoms with Gasteiger partial charge in [-0.05, 0) is 44.7 Å². The number of nitrogens with zero attached hydrogens (tertiary/aromatic N) is 2. The van der Waals surface area contributed by atoms with Crippen molar-refractivity contribution in [1.29, 1.82) is 0 Å². The molecule has 0 bridgehead atoms. The van der Waals surface area contributed by atoms with Crippen LogP contribution in [0.5, 0.6) is 0 Å². The number of aliphatic imine (C=N–C) groups is 2. The molecule has 0 fully saturated rings. The maximum absolute atomic E-state index is 5.07. The van der Waals surface area contributed by atoms with E-state index in [4.69, 9.17) is 9.98 Å². The average Bonchev–Trinajstić information content (AvgIpc) is 3.11. The van der Waals surface area contributed by atoms with Gasteiger partial charge in [-0.3, -0.25) is 0 Å². The second kappa shape index (κ2) is 11.2. The Morgan fingerprint density at radius 1 is 0.545 bits per heavy atom. The Kier molecular flexibility index (Phi) is 6.58. The number of hydrogen-bond acceptors (Lipinski definition) is 4. The zero-order chi connectivity index (χ0) is 29.3. The fraction of sp³-hybridized carbons (Fsp3) is 0.0500. The Bertz CT molecular complexity index is 2020. The van der Waals surface area contributed by atoms with Gasteiger partial charge in [-0.25, -0.2) is 9.98 Å². The first-order valence-electron chi connectivity index (χ1n) is 15.0. The Hall–Kier alpha value is -5.74. The molecule has 4 heteroatoms. The molecule has 0 saturated heterocycles. The number of hydrogen-bond donors (Lipinski definition) is 2. The van der Waals surface area contributed by atoms with Gasteiger partial charge in [0.05, 0.1) is 0 Å². The van der Waals surface area contributed by atoms with Gasteiger partial charge >= 0.3 is 0 Å². The van der Waals surface area contributed by atoms with Crippen LogP contribution in [0, 0.1) is 0 Å². The van der Waals surface area contributed by atoms with Gasteiger partial charge in [0.15, 0.2) is 6.17 Å². The summed E-state index contributed by atoms with van der Waals surface area (Å²) in [6.07, 6.45) is 4.07. The summed E-state index contributed by atoms with van der Waals surface area (Å²) >= 11 is 0. The maximum Gasteiger partial charge on any atom is 0.169 e. The van der Waals surface area contributed by atoms with Crippen LogP contribution in [0.25, 0.3) is 39.1 Å². The van der Waals surface area contributed by atoms with Crippen molar-refractivity contribution in [2.75, 3.05) is 11.9 Å². The highest BCUT2D eigenvalue weighted by atomic mass is 15.2. The van der Waals surface area contributed by atoms with E-state index in [1.807, 2.05) is 36.4 Å². The number of rotatable bonds is 5. The van der Waals surface area contributed by atoms with Crippen LogP contribution >= 0.6 is 0 Å². The van der Waals surface area contributed by atoms with Crippen LogP contribution in [-0.4, -0.2) is 18.2 Å². The van der Waals surface area contributed by atoms with Gasteiger partial charge in [-0.2, -0.15) is 0 Å². The molecule has 2 aliphatic heterocycles. The van der Waals surface area contributed by atoms with Gasteiger partial charge in [-0.15, -0.1) is 0 Å². The molecule has 4 nitrogen and oxygen atoms in total. The zero-order valence-electron chi connectivity index (χ0n) is 24.1. The molecule has 8 rings (SSSR count). The number of amidine groups is 2. The molecule has 44 heavy (non-hydrogen) atoms. The average molecular weight is 567 g/mol. The fourth-order valence-corrected chi connectivity index (χ4v) is 6.19. The Labute approximate surface area is 257 Å². The normalized spacial score (nSPS) is 14.3. The van der Waals surface area contributed by atoms with Gasteiger partial charge in [0.25, 0.3) is 0 Å². The van der Waals surface area contributed by atoms with Crippen molar-refractivity contribution in [3.63, 3.8) is 0 Å². The molecule has 2 N–H and O–H groups in total. The highest BCUT2D eigenvalue weighted by molar-refractivity contribution is 6.16. The van der Waals surface area contributed by atoms with Crippen molar-refractivity contribution in [3.8, 4) is 22.3 Å². The van der Waals surface area contributed by atoms with E-state index in [-0.39, 0.29) is 6.17 Å². The second-order valence-electron chi connectivity index (χ2n) is 11.1. The molecule has 210 valence electrons. The van der Waals surface area contributed by atoms with Crippen LogP contribution in [-0.2, 0) is 0 Å². The fourth-order valence-electron chi connectivity index (χ4n) is 6.19. The first-order chi connectivity index (χ1) is 21.8. The molecule has 0 unspecified atom stereocenters. The molecule has 2 heterocycles. The Morgan fingerprint density at radius 2 is 1.23 bits per heavy atom. The lowest BCUT2D eigenvalue weighted by atomic mass is 9.87. The van der Waals surface area contributed by atoms with Gasteiger partial charge in [0.1, 0.15) is 11.7 Å². The minimum atomic E-state index is -0.361. The van der Waals surface area contributed by atoms with E-state index in [0.29, 0.717) is 0 Å². The number of fused-ring (bicyclic) bond motifs is 2. The van der Waals surface area contributed by atoms with Gasteiger partial charge in [0, 0.05) is 28.9 Å². The van der Waals surface area contributed by atoms with E-state index < -0.39 is 0 Å². The lowest BCUT2D eigenvalue weighted by Crippen LogP contribution is -2.35. The van der Waals surface area contributed by atoms with Crippen molar-refractivity contribution >= 4 is 34.2 Å². The highest BCUT2D eigenvalue weighted by Crippen LogP contribution is 2.42. The molecule has 0 aliphatic carbocycles. The minimum absolute atomic E-state index is 0.361. The molecule has 6 aromatic carbocycles. The van der Waals surface area contributed by atoms with E-state index in [9.17, 15) is 0 Å². The first-order valence-corrected chi connectivity index (χ1v) is 15.0. The van der Waals surface area contributed by atoms with Crippen molar-refractivity contribution in [2.24, 2.45) is 9.98 Å². The van der Waals surface area contributed by atoms with Gasteiger partial charge in [-0.1, -0.05) is 146 Å². The molecule has 6 aromatic rings. The van der Waals surface area contributed by atoms with E-state index >= 15 is 0 Å². The number of benzene rings is 6. The van der Waals surface area contributed by atoms with Crippen LogP contribution in [0.3, 0.4) is 0 Å². The monoisotopic (exact) mass is 566 g/mol. The SMILES string of the molecule is C1=Cc2c(cccc2-c2ccc3ccccc3c2-c2ccc(C3N=C(c4ccccc4)NC(c4ccccc4)=N3)cc2)NC1. The van der Waals surface area contributed by atoms with E-state index in [1.54, 1.807) is 0 Å². The lowest BCUT2D eigenvalue weighted by molar-refractivity contribution is 0.756. The van der Waals surface area contributed by atoms with Gasteiger partial charge in [0.2, 0.25) is 0 Å². The summed E-state index contributed by atoms with van der Waals surface area (Å²) in [4.78, 5) is 10.1. The zero-order valence-corrected chi connectivity index (χ0v) is 24.1. The highest BCUT2D eigenvalue weighted by Gasteiger charge is 2.21. The van der Waals surface area contributed by atoms with Crippen LogP contribution in [0.15, 0.2) is 156 Å². The predicted molar refractivity (Wildman–Crippen MR) is 184 cm³/mol. The van der Waals surface area contributed by atoms with E-state index in [1.165, 1.54) is 44.3 Å². The first kappa shape index (κ1) is 25.9. The smallest absolute Gasteiger partial charge is 0.169 e. The van der Waals surface area contributed by atoms with Crippen molar-refractivity contribution < 1.29 is 0 Å². The van der Waals surface area contributed by atoms with E-state index in [0.717, 1.165) is 34.9 Å². The summed E-state index contributed by atoms with van der Waals surface area (Å²) in [7, 11) is 0. The molecular weight excluding hydrogens is 536 g/mol. The summed E-state index contributed by atoms with van der Waals surface area (Å²) in [5, 5.41) is 9.47. The van der Waals surface area contributed by atoms with Crippen molar-refractivity contribution in [3.05, 3.63) is 168 Å². The standard InChI is InChI=1S/C40H30N4/c1-3-12-29(13-4-1)38-42-39(30-14-5-2-6-15-30)44-40(43-38)31-22-20-28(21-23-31)37-32-16-8-7-11-27(32)24-25-35(37)33-17-9-19-36-34(33)18-10-26-41-36/h1-25,40-41H,26H2,(H,42,43,44). The summed E-state index contributed by atoms with van der Waals surface area (Å²) in [5.74, 6) is 1.64. The van der Waals surface area contributed by atoms with Crippen molar-refractivity contribution in [2.45, 2.75) is 6.17 Å². The number of anilines is 1. The summed E-state index contributed by atoms with van der Waals surface area (Å²) in [6.45, 7) is 0.849. The van der Waals surface area contributed by atoms with Crippen LogP contribution in [0.1, 0.15) is 28.4 Å². The second-order valence-corrected chi connectivity index (χ2v) is 11.1. The summed E-state index contributed by atoms with van der Waals surface area (Å²) < 4.78 is 0. The van der Waals surface area contributed by atoms with Crippen LogP contribution in [0.4, 0.5) is 5.69 Å². The minimum Gasteiger partial charge on any atom is -0.381 e. The summed E-state index contributed by atoms with van der Waals surface area (Å²) in [5.41, 5.74) is 10.4.